The summed E-state index contributed by atoms with van der Waals surface area (Å²) in [7, 11) is 1.69. The highest BCUT2D eigenvalue weighted by Gasteiger charge is 2.31. The van der Waals surface area contributed by atoms with Gasteiger partial charge in [0.2, 0.25) is 5.91 Å². The van der Waals surface area contributed by atoms with Gasteiger partial charge < -0.3 is 15.2 Å². The van der Waals surface area contributed by atoms with Crippen LogP contribution in [0.4, 0.5) is 10.2 Å². The molecule has 27 heavy (non-hydrogen) atoms. The molecule has 0 fully saturated rings. The van der Waals surface area contributed by atoms with E-state index >= 15 is 0 Å². The van der Waals surface area contributed by atoms with Crippen LogP contribution in [0.2, 0.25) is 5.02 Å². The molecule has 3 heterocycles. The van der Waals surface area contributed by atoms with E-state index in [0.717, 1.165) is 11.6 Å². The van der Waals surface area contributed by atoms with Crippen molar-refractivity contribution in [2.75, 3.05) is 18.9 Å². The molecule has 3 aromatic heterocycles. The number of fused-ring (bicyclic) bond motifs is 1. The Labute approximate surface area is 161 Å². The first-order valence-corrected chi connectivity index (χ1v) is 8.80. The van der Waals surface area contributed by atoms with Gasteiger partial charge in [0.1, 0.15) is 11.2 Å². The molecule has 3 rings (SSSR count). The number of carbonyl (C=O) groups excluding carboxylic acids is 1. The SMILES string of the molecule is CCN(C)C(=O)C(C)(C)Nc1nc(-c2c[nH]c3ncc(Cl)cc23)ncc1F. The molecule has 0 aliphatic rings. The number of aromatic amines is 1. The van der Waals surface area contributed by atoms with Crippen molar-refractivity contribution in [1.29, 1.82) is 0 Å². The summed E-state index contributed by atoms with van der Waals surface area (Å²) in [5, 5.41) is 4.09. The number of H-pyrrole nitrogens is 1. The fraction of sp³-hybridized carbons (Fsp3) is 0.333. The van der Waals surface area contributed by atoms with E-state index in [9.17, 15) is 9.18 Å². The number of nitrogens with zero attached hydrogens (tertiary/aromatic N) is 4. The molecular formula is C18H20ClFN6O. The number of pyridine rings is 1. The van der Waals surface area contributed by atoms with Crippen LogP contribution in [0.3, 0.4) is 0 Å². The van der Waals surface area contributed by atoms with Gasteiger partial charge in [0.15, 0.2) is 17.5 Å². The Bertz CT molecular complexity index is 1000. The number of carbonyl (C=O) groups is 1. The number of rotatable bonds is 5. The van der Waals surface area contributed by atoms with Gasteiger partial charge in [-0.05, 0) is 26.8 Å². The Balaban J connectivity index is 1.99. The number of hydrogen-bond acceptors (Lipinski definition) is 5. The summed E-state index contributed by atoms with van der Waals surface area (Å²) >= 11 is 6.03. The maximum atomic E-state index is 14.3. The average Bonchev–Trinajstić information content (AvgIpc) is 3.05. The lowest BCUT2D eigenvalue weighted by molar-refractivity contribution is -0.133. The van der Waals surface area contributed by atoms with E-state index in [1.54, 1.807) is 38.1 Å². The van der Waals surface area contributed by atoms with Crippen molar-refractivity contribution in [2.24, 2.45) is 0 Å². The Morgan fingerprint density at radius 1 is 1.37 bits per heavy atom. The number of nitrogens with one attached hydrogen (secondary N) is 2. The molecule has 0 unspecified atom stereocenters. The summed E-state index contributed by atoms with van der Waals surface area (Å²) in [5.41, 5.74) is 0.220. The second-order valence-corrected chi connectivity index (χ2v) is 7.15. The van der Waals surface area contributed by atoms with Crippen LogP contribution in [0.1, 0.15) is 20.8 Å². The molecule has 0 spiro atoms. The van der Waals surface area contributed by atoms with E-state index in [1.165, 1.54) is 6.20 Å². The zero-order chi connectivity index (χ0) is 19.8. The molecule has 0 radical (unpaired) electrons. The Kier molecular flexibility index (Phi) is 5.01. The number of hydrogen-bond donors (Lipinski definition) is 2. The van der Waals surface area contributed by atoms with Gasteiger partial charge in [0, 0.05) is 36.9 Å². The van der Waals surface area contributed by atoms with Crippen molar-refractivity contribution in [1.82, 2.24) is 24.8 Å². The van der Waals surface area contributed by atoms with E-state index in [-0.39, 0.29) is 11.7 Å². The maximum absolute atomic E-state index is 14.3. The van der Waals surface area contributed by atoms with Crippen LogP contribution < -0.4 is 5.32 Å². The monoisotopic (exact) mass is 390 g/mol. The first-order chi connectivity index (χ1) is 12.7. The third-order valence-electron chi connectivity index (χ3n) is 4.27. The number of amides is 1. The van der Waals surface area contributed by atoms with E-state index in [4.69, 9.17) is 11.6 Å². The number of aromatic nitrogens is 4. The van der Waals surface area contributed by atoms with Crippen LogP contribution >= 0.6 is 11.6 Å². The van der Waals surface area contributed by atoms with Gasteiger partial charge in [-0.1, -0.05) is 11.6 Å². The van der Waals surface area contributed by atoms with Gasteiger partial charge in [-0.15, -0.1) is 0 Å². The first kappa shape index (κ1) is 19.0. The summed E-state index contributed by atoms with van der Waals surface area (Å²) in [6.07, 6.45) is 4.29. The van der Waals surface area contributed by atoms with E-state index < -0.39 is 11.4 Å². The Morgan fingerprint density at radius 3 is 2.81 bits per heavy atom. The predicted molar refractivity (Wildman–Crippen MR) is 103 cm³/mol. The van der Waals surface area contributed by atoms with Crippen LogP contribution in [0, 0.1) is 5.82 Å². The van der Waals surface area contributed by atoms with E-state index in [2.05, 4.69) is 25.3 Å². The third kappa shape index (κ3) is 3.71. The van der Waals surface area contributed by atoms with Gasteiger partial charge in [0.25, 0.3) is 0 Å². The van der Waals surface area contributed by atoms with Crippen molar-refractivity contribution < 1.29 is 9.18 Å². The molecular weight excluding hydrogens is 371 g/mol. The second kappa shape index (κ2) is 7.11. The van der Waals surface area contributed by atoms with Gasteiger partial charge in [-0.2, -0.15) is 0 Å². The van der Waals surface area contributed by atoms with Gasteiger partial charge in [-0.25, -0.2) is 19.3 Å². The molecule has 2 N–H and O–H groups in total. The lowest BCUT2D eigenvalue weighted by Crippen LogP contribution is -2.48. The zero-order valence-electron chi connectivity index (χ0n) is 15.5. The minimum Gasteiger partial charge on any atom is -0.354 e. The molecule has 0 aliphatic carbocycles. The zero-order valence-corrected chi connectivity index (χ0v) is 16.2. The molecule has 0 aliphatic heterocycles. The van der Waals surface area contributed by atoms with Gasteiger partial charge in [0.05, 0.1) is 11.2 Å². The molecule has 9 heteroatoms. The van der Waals surface area contributed by atoms with Crippen LogP contribution in [0.5, 0.6) is 0 Å². The fourth-order valence-corrected chi connectivity index (χ4v) is 2.88. The largest absolute Gasteiger partial charge is 0.354 e. The van der Waals surface area contributed by atoms with Crippen molar-refractivity contribution in [3.05, 3.63) is 35.5 Å². The predicted octanol–water partition coefficient (Wildman–Crippen LogP) is 3.48. The molecule has 0 bridgehead atoms. The molecule has 3 aromatic rings. The maximum Gasteiger partial charge on any atom is 0.247 e. The van der Waals surface area contributed by atoms with Crippen molar-refractivity contribution in [3.8, 4) is 11.4 Å². The number of anilines is 1. The van der Waals surface area contributed by atoms with Gasteiger partial charge >= 0.3 is 0 Å². The van der Waals surface area contributed by atoms with E-state index in [1.807, 2.05) is 6.92 Å². The van der Waals surface area contributed by atoms with Crippen LogP contribution in [-0.4, -0.2) is 49.9 Å². The minimum absolute atomic E-state index is 0.0489. The first-order valence-electron chi connectivity index (χ1n) is 8.42. The summed E-state index contributed by atoms with van der Waals surface area (Å²) < 4.78 is 14.3. The van der Waals surface area contributed by atoms with Crippen LogP contribution in [-0.2, 0) is 4.79 Å². The molecule has 0 saturated heterocycles. The summed E-state index contributed by atoms with van der Waals surface area (Å²) in [5.74, 6) is -0.573. The number of likely N-dealkylation sites (N-methyl/N-ethyl adjacent to an activating group) is 1. The molecule has 7 nitrogen and oxygen atoms in total. The minimum atomic E-state index is -1.04. The number of halogens is 2. The van der Waals surface area contributed by atoms with Crippen molar-refractivity contribution in [2.45, 2.75) is 26.3 Å². The van der Waals surface area contributed by atoms with E-state index in [0.29, 0.717) is 28.6 Å². The van der Waals surface area contributed by atoms with Crippen LogP contribution in [0.15, 0.2) is 24.7 Å². The standard InChI is InChI=1S/C18H20ClFN6O/c1-5-26(4)17(27)18(2,3)25-16-13(20)9-23-15(24-16)12-8-22-14-11(12)6-10(19)7-21-14/h6-9H,5H2,1-4H3,(H,21,22)(H,23,24,25). The highest BCUT2D eigenvalue weighted by molar-refractivity contribution is 6.31. The molecule has 0 aromatic carbocycles. The normalized spacial score (nSPS) is 11.6. The van der Waals surface area contributed by atoms with Crippen molar-refractivity contribution in [3.63, 3.8) is 0 Å². The highest BCUT2D eigenvalue weighted by atomic mass is 35.5. The third-order valence-corrected chi connectivity index (χ3v) is 4.48. The Morgan fingerprint density at radius 2 is 2.11 bits per heavy atom. The quantitative estimate of drug-likeness (QED) is 0.696. The lowest BCUT2D eigenvalue weighted by atomic mass is 10.0. The summed E-state index contributed by atoms with van der Waals surface area (Å²) in [6, 6.07) is 1.74. The van der Waals surface area contributed by atoms with Gasteiger partial charge in [-0.3, -0.25) is 4.79 Å². The second-order valence-electron chi connectivity index (χ2n) is 6.71. The summed E-state index contributed by atoms with van der Waals surface area (Å²) in [6.45, 7) is 5.77. The average molecular weight is 391 g/mol. The summed E-state index contributed by atoms with van der Waals surface area (Å²) in [4.78, 5) is 29.6. The molecule has 142 valence electrons. The highest BCUT2D eigenvalue weighted by Crippen LogP contribution is 2.28. The fourth-order valence-electron chi connectivity index (χ4n) is 2.72. The molecule has 0 atom stereocenters. The molecule has 0 saturated carbocycles. The van der Waals surface area contributed by atoms with Crippen molar-refractivity contribution >= 4 is 34.4 Å². The Hall–Kier alpha value is -2.74. The molecule has 1 amide bonds. The van der Waals surface area contributed by atoms with Crippen LogP contribution in [0.25, 0.3) is 22.4 Å². The topological polar surface area (TPSA) is 86.8 Å². The lowest BCUT2D eigenvalue weighted by Gasteiger charge is -2.30. The smallest absolute Gasteiger partial charge is 0.247 e.